The molecule has 3 unspecified atom stereocenters. The Morgan fingerprint density at radius 1 is 1.06 bits per heavy atom. The number of ketones is 1. The number of nitrogens with zero attached hydrogens (tertiary/aromatic N) is 1. The highest BCUT2D eigenvalue weighted by Gasteiger charge is 2.48. The molecule has 1 N–H and O–H groups in total. The molecule has 2 aliphatic rings. The second kappa shape index (κ2) is 8.96. The summed E-state index contributed by atoms with van der Waals surface area (Å²) in [5.74, 6) is -0.694. The Hall–Kier alpha value is -3.22. The summed E-state index contributed by atoms with van der Waals surface area (Å²) in [6, 6.07) is 19.0. The van der Waals surface area contributed by atoms with Crippen LogP contribution in [-0.4, -0.2) is 53.8 Å². The first-order valence-corrected chi connectivity index (χ1v) is 11.4. The second-order valence-corrected chi connectivity index (χ2v) is 8.94. The average Bonchev–Trinajstić information content (AvgIpc) is 3.42. The van der Waals surface area contributed by atoms with E-state index in [0.717, 1.165) is 16.3 Å². The predicted molar refractivity (Wildman–Crippen MR) is 125 cm³/mol. The minimum atomic E-state index is -0.822. The Morgan fingerprint density at radius 2 is 1.82 bits per heavy atom. The highest BCUT2D eigenvalue weighted by Crippen LogP contribution is 2.28. The van der Waals surface area contributed by atoms with E-state index >= 15 is 0 Å². The van der Waals surface area contributed by atoms with Crippen LogP contribution in [0.15, 0.2) is 66.7 Å². The van der Waals surface area contributed by atoms with Gasteiger partial charge in [-0.25, -0.2) is 0 Å². The van der Waals surface area contributed by atoms with E-state index in [1.54, 1.807) is 23.1 Å². The molecule has 2 fully saturated rings. The lowest BCUT2D eigenvalue weighted by Crippen LogP contribution is -2.53. The molecule has 2 amide bonds. The molecular formula is C26H23ClN2O4. The van der Waals surface area contributed by atoms with E-state index in [9.17, 15) is 14.4 Å². The summed E-state index contributed by atoms with van der Waals surface area (Å²) < 4.78 is 5.53. The van der Waals surface area contributed by atoms with Crippen LogP contribution >= 0.6 is 11.6 Å². The number of nitrogens with one attached hydrogen (secondary N) is 1. The third-order valence-electron chi connectivity index (χ3n) is 6.36. The van der Waals surface area contributed by atoms with E-state index in [1.165, 1.54) is 0 Å². The first kappa shape index (κ1) is 21.6. The Kier molecular flexibility index (Phi) is 5.87. The molecule has 0 radical (unpaired) electrons. The molecule has 5 rings (SSSR count). The fourth-order valence-corrected chi connectivity index (χ4v) is 4.80. The quantitative estimate of drug-likeness (QED) is 0.630. The lowest BCUT2D eigenvalue weighted by molar-refractivity contribution is -0.138. The summed E-state index contributed by atoms with van der Waals surface area (Å²) in [4.78, 5) is 40.6. The topological polar surface area (TPSA) is 75.7 Å². The van der Waals surface area contributed by atoms with Gasteiger partial charge in [-0.05, 0) is 47.0 Å². The minimum Gasteiger partial charge on any atom is -0.368 e. The number of halogens is 1. The van der Waals surface area contributed by atoms with E-state index < -0.39 is 12.1 Å². The molecular weight excluding hydrogens is 440 g/mol. The molecule has 33 heavy (non-hydrogen) atoms. The average molecular weight is 463 g/mol. The van der Waals surface area contributed by atoms with Gasteiger partial charge in [-0.3, -0.25) is 14.4 Å². The second-order valence-electron chi connectivity index (χ2n) is 8.50. The third kappa shape index (κ3) is 4.36. The predicted octanol–water partition coefficient (Wildman–Crippen LogP) is 3.40. The maximum absolute atomic E-state index is 13.6. The van der Waals surface area contributed by atoms with Crippen molar-refractivity contribution >= 4 is 40.0 Å². The summed E-state index contributed by atoms with van der Waals surface area (Å²) in [6.07, 6.45) is 0.654. The highest BCUT2D eigenvalue weighted by molar-refractivity contribution is 6.30. The molecule has 3 aromatic rings. The largest absolute Gasteiger partial charge is 0.368 e. The minimum absolute atomic E-state index is 0.0322. The monoisotopic (exact) mass is 462 g/mol. The van der Waals surface area contributed by atoms with Gasteiger partial charge in [0.05, 0.1) is 6.10 Å². The van der Waals surface area contributed by atoms with Crippen LogP contribution in [0.3, 0.4) is 0 Å². The van der Waals surface area contributed by atoms with Crippen molar-refractivity contribution in [3.8, 4) is 0 Å². The van der Waals surface area contributed by atoms with Gasteiger partial charge in [0.15, 0.2) is 5.78 Å². The molecule has 0 spiro atoms. The molecule has 0 bridgehead atoms. The number of likely N-dealkylation sites (tertiary alicyclic amines) is 1. The number of hydrogen-bond donors (Lipinski definition) is 1. The van der Waals surface area contributed by atoms with Crippen LogP contribution in [0.5, 0.6) is 0 Å². The SMILES string of the molecule is O=C(NC(Cc1ccc(Cl)cc1)C(=O)N1CCC2OCC(=O)C21)c1ccc2ccccc2c1. The Labute approximate surface area is 196 Å². The Balaban J connectivity index is 1.41. The molecule has 2 saturated heterocycles. The van der Waals surface area contributed by atoms with Crippen molar-refractivity contribution in [2.75, 3.05) is 13.2 Å². The van der Waals surface area contributed by atoms with Gasteiger partial charge in [-0.1, -0.05) is 54.1 Å². The number of amides is 2. The van der Waals surface area contributed by atoms with Crippen molar-refractivity contribution in [1.82, 2.24) is 10.2 Å². The van der Waals surface area contributed by atoms with Crippen molar-refractivity contribution in [1.29, 1.82) is 0 Å². The van der Waals surface area contributed by atoms with Gasteiger partial charge in [-0.2, -0.15) is 0 Å². The van der Waals surface area contributed by atoms with E-state index in [1.807, 2.05) is 48.5 Å². The molecule has 2 aliphatic heterocycles. The zero-order valence-corrected chi connectivity index (χ0v) is 18.6. The van der Waals surface area contributed by atoms with Gasteiger partial charge >= 0.3 is 0 Å². The fourth-order valence-electron chi connectivity index (χ4n) is 4.67. The summed E-state index contributed by atoms with van der Waals surface area (Å²) in [6.45, 7) is 0.466. The normalized spacial score (nSPS) is 20.6. The zero-order chi connectivity index (χ0) is 22.9. The van der Waals surface area contributed by atoms with Gasteiger partial charge in [-0.15, -0.1) is 0 Å². The highest BCUT2D eigenvalue weighted by atomic mass is 35.5. The molecule has 3 atom stereocenters. The summed E-state index contributed by atoms with van der Waals surface area (Å²) >= 11 is 6.01. The first-order valence-electron chi connectivity index (χ1n) is 11.0. The van der Waals surface area contributed by atoms with Gasteiger partial charge in [0, 0.05) is 23.6 Å². The first-order chi connectivity index (χ1) is 16.0. The Morgan fingerprint density at radius 3 is 2.61 bits per heavy atom. The summed E-state index contributed by atoms with van der Waals surface area (Å²) in [7, 11) is 0. The molecule has 0 aromatic heterocycles. The van der Waals surface area contributed by atoms with E-state index in [4.69, 9.17) is 16.3 Å². The van der Waals surface area contributed by atoms with Gasteiger partial charge in [0.25, 0.3) is 5.91 Å². The standard InChI is InChI=1S/C26H23ClN2O4/c27-20-9-5-16(6-10-20)13-21(26(32)29-12-11-23-24(29)22(30)15-33-23)28-25(31)19-8-7-17-3-1-2-4-18(17)14-19/h1-10,14,21,23-24H,11-13,15H2,(H,28,31). The number of hydrogen-bond acceptors (Lipinski definition) is 4. The number of carbonyl (C=O) groups is 3. The molecule has 2 heterocycles. The number of carbonyl (C=O) groups excluding carboxylic acids is 3. The number of rotatable bonds is 5. The summed E-state index contributed by atoms with van der Waals surface area (Å²) in [5.41, 5.74) is 1.34. The molecule has 0 saturated carbocycles. The molecule has 168 valence electrons. The number of Topliss-reactive ketones (excluding diaryl/α,β-unsaturated/α-hetero) is 1. The zero-order valence-electron chi connectivity index (χ0n) is 17.9. The van der Waals surface area contributed by atoms with Crippen molar-refractivity contribution in [3.63, 3.8) is 0 Å². The van der Waals surface area contributed by atoms with Crippen LogP contribution in [0.2, 0.25) is 5.02 Å². The lowest BCUT2D eigenvalue weighted by atomic mass is 10.0. The van der Waals surface area contributed by atoms with Crippen LogP contribution in [0.1, 0.15) is 22.3 Å². The maximum Gasteiger partial charge on any atom is 0.251 e. The number of ether oxygens (including phenoxy) is 1. The fraction of sp³-hybridized carbons (Fsp3) is 0.269. The maximum atomic E-state index is 13.6. The van der Waals surface area contributed by atoms with Gasteiger partial charge < -0.3 is 15.0 Å². The van der Waals surface area contributed by atoms with Crippen LogP contribution in [0, 0.1) is 0 Å². The summed E-state index contributed by atoms with van der Waals surface area (Å²) in [5, 5.41) is 5.49. The Bertz CT molecular complexity index is 1230. The van der Waals surface area contributed by atoms with E-state index in [0.29, 0.717) is 23.6 Å². The molecule has 7 heteroatoms. The van der Waals surface area contributed by atoms with E-state index in [2.05, 4.69) is 5.32 Å². The van der Waals surface area contributed by atoms with Crippen LogP contribution in [0.25, 0.3) is 10.8 Å². The number of benzene rings is 3. The van der Waals surface area contributed by atoms with Crippen LogP contribution in [0.4, 0.5) is 0 Å². The molecule has 3 aromatic carbocycles. The third-order valence-corrected chi connectivity index (χ3v) is 6.62. The van der Waals surface area contributed by atoms with Crippen molar-refractivity contribution in [3.05, 3.63) is 82.9 Å². The number of fused-ring (bicyclic) bond motifs is 2. The van der Waals surface area contributed by atoms with E-state index in [-0.39, 0.29) is 36.7 Å². The smallest absolute Gasteiger partial charge is 0.251 e. The van der Waals surface area contributed by atoms with Gasteiger partial charge in [0.1, 0.15) is 18.7 Å². The molecule has 6 nitrogen and oxygen atoms in total. The van der Waals surface area contributed by atoms with Crippen LogP contribution in [-0.2, 0) is 20.7 Å². The van der Waals surface area contributed by atoms with Crippen molar-refractivity contribution < 1.29 is 19.1 Å². The van der Waals surface area contributed by atoms with Crippen molar-refractivity contribution in [2.24, 2.45) is 0 Å². The van der Waals surface area contributed by atoms with Crippen LogP contribution < -0.4 is 5.32 Å². The van der Waals surface area contributed by atoms with Gasteiger partial charge in [0.2, 0.25) is 5.91 Å². The lowest BCUT2D eigenvalue weighted by Gasteiger charge is -2.27. The molecule has 0 aliphatic carbocycles. The van der Waals surface area contributed by atoms with Crippen molar-refractivity contribution in [2.45, 2.75) is 31.0 Å².